The second-order valence-electron chi connectivity index (χ2n) is 3.45. The summed E-state index contributed by atoms with van der Waals surface area (Å²) in [6.07, 6.45) is 1.57. The van der Waals surface area contributed by atoms with Gasteiger partial charge < -0.3 is 5.43 Å². The van der Waals surface area contributed by atoms with E-state index in [1.807, 2.05) is 30.3 Å². The molecule has 0 unspecified atom stereocenters. The molecular weight excluding hydrogens is 260 g/mol. The van der Waals surface area contributed by atoms with Crippen LogP contribution in [0.3, 0.4) is 0 Å². The van der Waals surface area contributed by atoms with Gasteiger partial charge in [-0.2, -0.15) is 5.10 Å². The summed E-state index contributed by atoms with van der Waals surface area (Å²) in [6.45, 7) is 2.30. The third-order valence-corrected chi connectivity index (χ3v) is 3.30. The Balaban J connectivity index is 0.00000256. The van der Waals surface area contributed by atoms with Crippen LogP contribution in [0.25, 0.3) is 0 Å². The molecule has 0 heterocycles. The predicted octanol–water partition coefficient (Wildman–Crippen LogP) is 1.97. The molecule has 6 heteroatoms. The molecular formula is C11H17ClN2O2S. The van der Waals surface area contributed by atoms with Crippen LogP contribution in [0.1, 0.15) is 18.9 Å². The summed E-state index contributed by atoms with van der Waals surface area (Å²) >= 11 is 0. The zero-order valence-corrected chi connectivity index (χ0v) is 11.5. The van der Waals surface area contributed by atoms with Gasteiger partial charge in [-0.15, -0.1) is 12.4 Å². The smallest absolute Gasteiger partial charge is 0.190 e. The van der Waals surface area contributed by atoms with Gasteiger partial charge in [-0.25, -0.2) is 8.42 Å². The number of rotatable bonds is 4. The highest BCUT2D eigenvalue weighted by Crippen LogP contribution is 1.98. The van der Waals surface area contributed by atoms with Gasteiger partial charge in [0.2, 0.25) is 0 Å². The number of nitrogens with zero attached hydrogens (tertiary/aromatic N) is 1. The van der Waals surface area contributed by atoms with Crippen LogP contribution in [-0.4, -0.2) is 19.7 Å². The third-order valence-electron chi connectivity index (χ3n) is 2.06. The first-order valence-electron chi connectivity index (χ1n) is 5.07. The summed E-state index contributed by atoms with van der Waals surface area (Å²) in [5.41, 5.74) is 3.83. The molecule has 17 heavy (non-hydrogen) atoms. The summed E-state index contributed by atoms with van der Waals surface area (Å²) in [5, 5.41) is 4.07. The Bertz CT molecular complexity index is 458. The van der Waals surface area contributed by atoms with E-state index in [0.29, 0.717) is 13.0 Å². The van der Waals surface area contributed by atoms with Gasteiger partial charge in [0.05, 0.1) is 6.54 Å². The quantitative estimate of drug-likeness (QED) is 0.520. The molecule has 4 nitrogen and oxygen atoms in total. The van der Waals surface area contributed by atoms with Crippen LogP contribution in [-0.2, 0) is 16.4 Å². The highest BCUT2D eigenvalue weighted by atomic mass is 35.5. The van der Waals surface area contributed by atoms with E-state index in [1.54, 1.807) is 6.92 Å². The molecule has 0 aliphatic rings. The Morgan fingerprint density at radius 1 is 1.29 bits per heavy atom. The molecule has 1 aromatic carbocycles. The number of benzene rings is 1. The van der Waals surface area contributed by atoms with Gasteiger partial charge in [0.25, 0.3) is 0 Å². The lowest BCUT2D eigenvalue weighted by molar-refractivity contribution is 0.610. The molecule has 0 amide bonds. The molecule has 1 N–H and O–H groups in total. The molecule has 0 radical (unpaired) electrons. The van der Waals surface area contributed by atoms with Crippen molar-refractivity contribution >= 4 is 27.3 Å². The minimum Gasteiger partial charge on any atom is -0.305 e. The summed E-state index contributed by atoms with van der Waals surface area (Å²) < 4.78 is 22.5. The fraction of sp³-hybridized carbons (Fsp3) is 0.364. The number of hydrazone groups is 1. The number of hydrogen-bond donors (Lipinski definition) is 1. The van der Waals surface area contributed by atoms with Crippen molar-refractivity contribution in [3.8, 4) is 0 Å². The maximum atomic E-state index is 11.2. The fourth-order valence-electron chi connectivity index (χ4n) is 1.24. The second kappa shape index (κ2) is 7.29. The van der Waals surface area contributed by atoms with E-state index in [0.717, 1.165) is 5.56 Å². The highest BCUT2D eigenvalue weighted by molar-refractivity contribution is 8.05. The lowest BCUT2D eigenvalue weighted by atomic mass is 10.2. The van der Waals surface area contributed by atoms with Crippen LogP contribution in [0, 0.1) is 0 Å². The number of nitrogens with one attached hydrogen (secondary N) is 1. The van der Waals surface area contributed by atoms with E-state index < -0.39 is 9.84 Å². The molecule has 0 saturated carbocycles. The number of sulfone groups is 1. The molecule has 0 saturated heterocycles. The van der Waals surface area contributed by atoms with E-state index >= 15 is 0 Å². The van der Waals surface area contributed by atoms with Crippen molar-refractivity contribution in [2.24, 2.45) is 5.10 Å². The third kappa shape index (κ3) is 5.70. The number of hydrogen-bond acceptors (Lipinski definition) is 4. The van der Waals surface area contributed by atoms with Crippen LogP contribution < -0.4 is 5.43 Å². The van der Waals surface area contributed by atoms with E-state index in [1.165, 1.54) is 6.26 Å². The van der Waals surface area contributed by atoms with Gasteiger partial charge in [-0.1, -0.05) is 37.3 Å². The Hall–Kier alpha value is -1.07. The Labute approximate surface area is 108 Å². The Morgan fingerprint density at radius 3 is 2.35 bits per heavy atom. The zero-order valence-electron chi connectivity index (χ0n) is 9.88. The van der Waals surface area contributed by atoms with Crippen molar-refractivity contribution in [2.45, 2.75) is 19.9 Å². The van der Waals surface area contributed by atoms with Crippen molar-refractivity contribution in [1.29, 1.82) is 0 Å². The second-order valence-corrected chi connectivity index (χ2v) is 5.47. The van der Waals surface area contributed by atoms with Crippen LogP contribution in [0.15, 0.2) is 35.4 Å². The van der Waals surface area contributed by atoms with Crippen LogP contribution in [0.2, 0.25) is 0 Å². The molecule has 1 aromatic rings. The van der Waals surface area contributed by atoms with Crippen molar-refractivity contribution in [3.63, 3.8) is 0 Å². The maximum Gasteiger partial charge on any atom is 0.190 e. The van der Waals surface area contributed by atoms with Crippen LogP contribution in [0.5, 0.6) is 0 Å². The van der Waals surface area contributed by atoms with Crippen molar-refractivity contribution < 1.29 is 8.42 Å². The molecule has 0 aliphatic carbocycles. The first-order valence-corrected chi connectivity index (χ1v) is 6.96. The first-order chi connectivity index (χ1) is 7.54. The minimum atomic E-state index is -3.18. The zero-order chi connectivity index (χ0) is 12.0. The van der Waals surface area contributed by atoms with Gasteiger partial charge in [-0.3, -0.25) is 0 Å². The van der Waals surface area contributed by atoms with E-state index in [9.17, 15) is 8.42 Å². The van der Waals surface area contributed by atoms with Crippen LogP contribution in [0.4, 0.5) is 0 Å². The lowest BCUT2D eigenvalue weighted by Crippen LogP contribution is -2.17. The van der Waals surface area contributed by atoms with Crippen molar-refractivity contribution in [2.75, 3.05) is 6.26 Å². The van der Waals surface area contributed by atoms with E-state index in [-0.39, 0.29) is 17.5 Å². The summed E-state index contributed by atoms with van der Waals surface area (Å²) in [4.78, 5) is 0. The molecule has 0 aliphatic heterocycles. The standard InChI is InChI=1S/C11H16N2O2S.ClH/c1-3-11(16(2,14)15)13-12-9-10-7-5-4-6-8-10;/h4-8,12H,3,9H2,1-2H3;1H. The SMILES string of the molecule is CCC(=NNCc1ccccc1)S(C)(=O)=O.Cl. The maximum absolute atomic E-state index is 11.2. The minimum absolute atomic E-state index is 0. The largest absolute Gasteiger partial charge is 0.305 e. The molecule has 0 bridgehead atoms. The highest BCUT2D eigenvalue weighted by Gasteiger charge is 2.10. The molecule has 0 aromatic heterocycles. The monoisotopic (exact) mass is 276 g/mol. The summed E-state index contributed by atoms with van der Waals surface area (Å²) in [7, 11) is -3.18. The topological polar surface area (TPSA) is 58.5 Å². The van der Waals surface area contributed by atoms with E-state index in [4.69, 9.17) is 0 Å². The van der Waals surface area contributed by atoms with Gasteiger partial charge in [-0.05, 0) is 12.0 Å². The Morgan fingerprint density at radius 2 is 1.88 bits per heavy atom. The van der Waals surface area contributed by atoms with Gasteiger partial charge in [0.15, 0.2) is 14.9 Å². The molecule has 0 fully saturated rings. The summed E-state index contributed by atoms with van der Waals surface area (Å²) in [5.74, 6) is 0. The molecule has 0 atom stereocenters. The summed E-state index contributed by atoms with van der Waals surface area (Å²) in [6, 6.07) is 9.69. The normalized spacial score (nSPS) is 11.8. The molecule has 0 spiro atoms. The van der Waals surface area contributed by atoms with Crippen molar-refractivity contribution in [3.05, 3.63) is 35.9 Å². The molecule has 1 rings (SSSR count). The van der Waals surface area contributed by atoms with Crippen molar-refractivity contribution in [1.82, 2.24) is 5.43 Å². The average molecular weight is 277 g/mol. The fourth-order valence-corrected chi connectivity index (χ4v) is 1.99. The number of halogens is 1. The average Bonchev–Trinajstić information content (AvgIpc) is 2.24. The molecule has 96 valence electrons. The van der Waals surface area contributed by atoms with Gasteiger partial charge in [0.1, 0.15) is 0 Å². The lowest BCUT2D eigenvalue weighted by Gasteiger charge is -2.03. The van der Waals surface area contributed by atoms with Crippen LogP contribution >= 0.6 is 12.4 Å². The van der Waals surface area contributed by atoms with Gasteiger partial charge >= 0.3 is 0 Å². The Kier molecular flexibility index (Phi) is 6.83. The van der Waals surface area contributed by atoms with E-state index in [2.05, 4.69) is 10.5 Å². The van der Waals surface area contributed by atoms with Gasteiger partial charge in [0, 0.05) is 6.26 Å². The predicted molar refractivity (Wildman–Crippen MR) is 73.1 cm³/mol. The first kappa shape index (κ1) is 15.9.